The number of ether oxygens (including phenoxy) is 2. The molecule has 0 bridgehead atoms. The second-order valence-electron chi connectivity index (χ2n) is 7.36. The average molecular weight is 342 g/mol. The first-order valence-electron chi connectivity index (χ1n) is 9.49. The molecule has 0 aliphatic carbocycles. The molecule has 0 radical (unpaired) electrons. The van der Waals surface area contributed by atoms with E-state index in [0.29, 0.717) is 11.5 Å². The van der Waals surface area contributed by atoms with E-state index >= 15 is 0 Å². The minimum atomic E-state index is 0.361. The molecule has 2 aliphatic rings. The molecule has 1 saturated heterocycles. The van der Waals surface area contributed by atoms with E-state index in [-0.39, 0.29) is 0 Å². The Balaban J connectivity index is 1.53. The molecule has 2 unspecified atom stereocenters. The highest BCUT2D eigenvalue weighted by molar-refractivity contribution is 5.99. The molecule has 3 rings (SSSR count). The van der Waals surface area contributed by atoms with E-state index in [1.807, 2.05) is 0 Å². The molecule has 25 heavy (non-hydrogen) atoms. The Hall–Kier alpha value is -1.68. The molecule has 4 heteroatoms. The van der Waals surface area contributed by atoms with Crippen molar-refractivity contribution in [3.63, 3.8) is 0 Å². The second-order valence-corrected chi connectivity index (χ2v) is 7.36. The lowest BCUT2D eigenvalue weighted by Gasteiger charge is -2.46. The molecule has 2 atom stereocenters. The average Bonchev–Trinajstić information content (AvgIpc) is 2.65. The molecular weight excluding hydrogens is 312 g/mol. The Kier molecular flexibility index (Phi) is 5.89. The number of nitrogens with zero attached hydrogens (tertiary/aromatic N) is 2. The van der Waals surface area contributed by atoms with Gasteiger partial charge < -0.3 is 9.47 Å². The quantitative estimate of drug-likeness (QED) is 0.713. The minimum Gasteiger partial charge on any atom is -0.495 e. The number of aromatic nitrogens is 1. The van der Waals surface area contributed by atoms with Crippen molar-refractivity contribution in [2.75, 3.05) is 20.3 Å². The van der Waals surface area contributed by atoms with Crippen LogP contribution in [0.3, 0.4) is 0 Å². The van der Waals surface area contributed by atoms with E-state index in [1.54, 1.807) is 7.11 Å². The van der Waals surface area contributed by atoms with Crippen LogP contribution in [-0.4, -0.2) is 37.1 Å². The molecule has 4 nitrogen and oxygen atoms in total. The lowest BCUT2D eigenvalue weighted by atomic mass is 9.76. The first kappa shape index (κ1) is 18.1. The van der Waals surface area contributed by atoms with Gasteiger partial charge in [-0.2, -0.15) is 0 Å². The summed E-state index contributed by atoms with van der Waals surface area (Å²) in [6.07, 6.45) is 8.50. The molecule has 0 saturated carbocycles. The third-order valence-electron chi connectivity index (χ3n) is 5.61. The van der Waals surface area contributed by atoms with E-state index in [9.17, 15) is 0 Å². The van der Waals surface area contributed by atoms with Gasteiger partial charge in [-0.05, 0) is 56.7 Å². The van der Waals surface area contributed by atoms with Crippen LogP contribution in [0.5, 0.6) is 0 Å². The summed E-state index contributed by atoms with van der Waals surface area (Å²) in [7, 11) is 1.72. The topological polar surface area (TPSA) is 43.7 Å². The van der Waals surface area contributed by atoms with Crippen LogP contribution in [0.25, 0.3) is 0 Å². The van der Waals surface area contributed by atoms with Crippen molar-refractivity contribution in [2.45, 2.75) is 58.5 Å². The van der Waals surface area contributed by atoms with Gasteiger partial charge in [0, 0.05) is 23.3 Å². The van der Waals surface area contributed by atoms with Gasteiger partial charge in [-0.1, -0.05) is 19.9 Å². The Morgan fingerprint density at radius 3 is 2.72 bits per heavy atom. The fourth-order valence-corrected chi connectivity index (χ4v) is 3.57. The summed E-state index contributed by atoms with van der Waals surface area (Å²) >= 11 is 0. The fourth-order valence-electron chi connectivity index (χ4n) is 3.57. The molecule has 1 aromatic heterocycles. The summed E-state index contributed by atoms with van der Waals surface area (Å²) < 4.78 is 11.2. The maximum absolute atomic E-state index is 5.78. The van der Waals surface area contributed by atoms with Crippen molar-refractivity contribution < 1.29 is 9.47 Å². The third kappa shape index (κ3) is 4.30. The summed E-state index contributed by atoms with van der Waals surface area (Å²) in [6, 6.07) is 6.36. The molecule has 0 amide bonds. The molecule has 0 N–H and O–H groups in total. The Bertz CT molecular complexity index is 649. The van der Waals surface area contributed by atoms with Gasteiger partial charge in [-0.3, -0.25) is 9.98 Å². The smallest absolute Gasteiger partial charge is 0.135 e. The Labute approximate surface area is 151 Å². The summed E-state index contributed by atoms with van der Waals surface area (Å²) in [4.78, 5) is 9.44. The number of hydrogen-bond acceptors (Lipinski definition) is 4. The van der Waals surface area contributed by atoms with Crippen molar-refractivity contribution in [1.82, 2.24) is 4.98 Å². The number of allylic oxidation sites excluding steroid dienone is 1. The standard InChI is InChI=1S/C21H30N2O2/c1-4-21(2)15-25-20(21)13-11-17-8-5-7-16(23-17)10-12-18-19(24-3)9-6-14-22-18/h5,7-9,20H,4,6,10-15H2,1-3H3. The van der Waals surface area contributed by atoms with Gasteiger partial charge in [-0.25, -0.2) is 0 Å². The minimum absolute atomic E-state index is 0.361. The van der Waals surface area contributed by atoms with Gasteiger partial charge in [0.25, 0.3) is 0 Å². The Morgan fingerprint density at radius 1 is 1.24 bits per heavy atom. The SMILES string of the molecule is CCC1(C)COC1CCc1cccc(CCC2=NCCC=C2OC)n1. The highest BCUT2D eigenvalue weighted by Crippen LogP contribution is 2.39. The van der Waals surface area contributed by atoms with E-state index in [2.05, 4.69) is 43.1 Å². The maximum atomic E-state index is 5.78. The third-order valence-corrected chi connectivity index (χ3v) is 5.61. The van der Waals surface area contributed by atoms with Crippen molar-refractivity contribution in [3.8, 4) is 0 Å². The highest BCUT2D eigenvalue weighted by atomic mass is 16.5. The van der Waals surface area contributed by atoms with Crippen LogP contribution in [0.4, 0.5) is 0 Å². The lowest BCUT2D eigenvalue weighted by molar-refractivity contribution is -0.181. The Morgan fingerprint density at radius 2 is 2.04 bits per heavy atom. The predicted molar refractivity (Wildman–Crippen MR) is 101 cm³/mol. The first-order valence-corrected chi connectivity index (χ1v) is 9.49. The normalized spacial score (nSPS) is 25.8. The summed E-state index contributed by atoms with van der Waals surface area (Å²) in [5.41, 5.74) is 3.73. The van der Waals surface area contributed by atoms with Crippen molar-refractivity contribution in [3.05, 3.63) is 41.4 Å². The van der Waals surface area contributed by atoms with Crippen LogP contribution >= 0.6 is 0 Å². The predicted octanol–water partition coefficient (Wildman–Crippen LogP) is 4.14. The largest absolute Gasteiger partial charge is 0.495 e. The molecule has 1 aromatic rings. The number of pyridine rings is 1. The fraction of sp³-hybridized carbons (Fsp3) is 0.619. The van der Waals surface area contributed by atoms with Crippen LogP contribution in [0.2, 0.25) is 0 Å². The zero-order valence-corrected chi connectivity index (χ0v) is 15.8. The molecule has 0 aromatic carbocycles. The number of aryl methyl sites for hydroxylation is 2. The first-order chi connectivity index (χ1) is 12.1. The molecule has 1 fully saturated rings. The van der Waals surface area contributed by atoms with Gasteiger partial charge in [-0.15, -0.1) is 0 Å². The van der Waals surface area contributed by atoms with Crippen LogP contribution in [0.15, 0.2) is 35.0 Å². The number of rotatable bonds is 8. The van der Waals surface area contributed by atoms with Gasteiger partial charge in [0.15, 0.2) is 0 Å². The van der Waals surface area contributed by atoms with Crippen molar-refractivity contribution >= 4 is 5.71 Å². The zero-order chi connectivity index (χ0) is 17.7. The van der Waals surface area contributed by atoms with Crippen molar-refractivity contribution in [1.29, 1.82) is 0 Å². The van der Waals surface area contributed by atoms with E-state index in [0.717, 1.165) is 62.4 Å². The second kappa shape index (κ2) is 8.13. The number of dihydropyridines is 1. The van der Waals surface area contributed by atoms with Gasteiger partial charge >= 0.3 is 0 Å². The van der Waals surface area contributed by atoms with Gasteiger partial charge in [0.1, 0.15) is 5.76 Å². The van der Waals surface area contributed by atoms with E-state index < -0.39 is 0 Å². The van der Waals surface area contributed by atoms with Crippen LogP contribution < -0.4 is 0 Å². The molecule has 3 heterocycles. The van der Waals surface area contributed by atoms with Crippen LogP contribution in [0, 0.1) is 5.41 Å². The molecule has 0 spiro atoms. The van der Waals surface area contributed by atoms with Gasteiger partial charge in [0.05, 0.1) is 25.5 Å². The number of hydrogen-bond donors (Lipinski definition) is 0. The van der Waals surface area contributed by atoms with Crippen LogP contribution in [-0.2, 0) is 22.3 Å². The highest BCUT2D eigenvalue weighted by Gasteiger charge is 2.42. The molecule has 2 aliphatic heterocycles. The van der Waals surface area contributed by atoms with Gasteiger partial charge in [0.2, 0.25) is 0 Å². The van der Waals surface area contributed by atoms with Crippen molar-refractivity contribution in [2.24, 2.45) is 10.4 Å². The van der Waals surface area contributed by atoms with E-state index in [1.165, 1.54) is 12.1 Å². The summed E-state index contributed by atoms with van der Waals surface area (Å²) in [6.45, 7) is 6.36. The molecular formula is C21H30N2O2. The lowest BCUT2D eigenvalue weighted by Crippen LogP contribution is -2.49. The monoisotopic (exact) mass is 342 g/mol. The number of methoxy groups -OCH3 is 1. The maximum Gasteiger partial charge on any atom is 0.135 e. The number of aliphatic imine (C=N–C) groups is 1. The zero-order valence-electron chi connectivity index (χ0n) is 15.8. The van der Waals surface area contributed by atoms with E-state index in [4.69, 9.17) is 14.5 Å². The summed E-state index contributed by atoms with van der Waals surface area (Å²) in [5, 5.41) is 0. The summed E-state index contributed by atoms with van der Waals surface area (Å²) in [5.74, 6) is 0.934. The molecule has 136 valence electrons. The van der Waals surface area contributed by atoms with Crippen LogP contribution in [0.1, 0.15) is 50.9 Å².